The Bertz CT molecular complexity index is 270. The van der Waals surface area contributed by atoms with E-state index in [9.17, 15) is 4.79 Å². The number of carbonyl (C=O) groups excluding carboxylic acids is 1. The second kappa shape index (κ2) is 12.9. The summed E-state index contributed by atoms with van der Waals surface area (Å²) in [7, 11) is 5.51. The summed E-state index contributed by atoms with van der Waals surface area (Å²) in [5.41, 5.74) is 0. The molecule has 1 amide bonds. The number of piperidine rings is 1. The highest BCUT2D eigenvalue weighted by Crippen LogP contribution is 2.35. The zero-order chi connectivity index (χ0) is 17.0. The number of nitrogens with zero attached hydrogens (tertiary/aromatic N) is 1. The fourth-order valence-corrected chi connectivity index (χ4v) is 3.09. The lowest BCUT2D eigenvalue weighted by Crippen LogP contribution is -2.45. The number of carbonyl (C=O) groups is 1. The number of amides is 1. The first-order valence-electron chi connectivity index (χ1n) is 8.98. The number of methoxy groups -OCH3 is 1. The van der Waals surface area contributed by atoms with E-state index in [4.69, 9.17) is 4.74 Å². The summed E-state index contributed by atoms with van der Waals surface area (Å²) >= 11 is 0. The third-order valence-electron chi connectivity index (χ3n) is 4.38. The van der Waals surface area contributed by atoms with Crippen LogP contribution in [-0.2, 0) is 9.53 Å². The summed E-state index contributed by atoms with van der Waals surface area (Å²) in [4.78, 5) is 14.2. The highest BCUT2D eigenvalue weighted by atomic mass is 16.5. The van der Waals surface area contributed by atoms with Crippen LogP contribution in [0.5, 0.6) is 0 Å². The maximum Gasteiger partial charge on any atom is 0.225 e. The van der Waals surface area contributed by atoms with Gasteiger partial charge in [-0.2, -0.15) is 0 Å². The highest BCUT2D eigenvalue weighted by molar-refractivity contribution is 5.79. The lowest BCUT2D eigenvalue weighted by molar-refractivity contribution is -0.141. The standard InChI is InChI=1S/C14H25NO2.C2H7N.C2H6/c1-11-9-13(10-11)14(16)15-6-3-12(4-7-15)5-8-17-2;1-3-2;1-2/h11-13H,3-10H2,1-2H3;3H,1-2H3;1-2H3. The molecule has 0 aromatic carbocycles. The first-order valence-corrected chi connectivity index (χ1v) is 8.98. The normalized spacial score (nSPS) is 24.4. The van der Waals surface area contributed by atoms with Crippen molar-refractivity contribution in [3.05, 3.63) is 0 Å². The average Bonchev–Trinajstić information content (AvgIpc) is 2.52. The van der Waals surface area contributed by atoms with Crippen LogP contribution < -0.4 is 5.32 Å². The minimum absolute atomic E-state index is 0.348. The van der Waals surface area contributed by atoms with Crippen LogP contribution in [0.4, 0.5) is 0 Å². The van der Waals surface area contributed by atoms with Crippen molar-refractivity contribution in [3.8, 4) is 0 Å². The number of hydrogen-bond acceptors (Lipinski definition) is 3. The quantitative estimate of drug-likeness (QED) is 0.866. The number of likely N-dealkylation sites (tertiary alicyclic amines) is 1. The van der Waals surface area contributed by atoms with Gasteiger partial charge in [0.1, 0.15) is 0 Å². The molecule has 0 radical (unpaired) electrons. The van der Waals surface area contributed by atoms with Gasteiger partial charge in [0.15, 0.2) is 0 Å². The minimum atomic E-state index is 0.348. The molecule has 0 aromatic rings. The Morgan fingerprint density at radius 2 is 1.68 bits per heavy atom. The Morgan fingerprint density at radius 3 is 2.09 bits per heavy atom. The van der Waals surface area contributed by atoms with E-state index in [1.54, 1.807) is 7.11 Å². The molecule has 2 aliphatic rings. The van der Waals surface area contributed by atoms with Crippen LogP contribution >= 0.6 is 0 Å². The Hall–Kier alpha value is -0.610. The van der Waals surface area contributed by atoms with Gasteiger partial charge >= 0.3 is 0 Å². The van der Waals surface area contributed by atoms with Gasteiger partial charge in [-0.1, -0.05) is 20.8 Å². The molecule has 132 valence electrons. The molecule has 0 atom stereocenters. The molecule has 0 unspecified atom stereocenters. The van der Waals surface area contributed by atoms with Gasteiger partial charge in [0.05, 0.1) is 0 Å². The van der Waals surface area contributed by atoms with E-state index < -0.39 is 0 Å². The zero-order valence-corrected chi connectivity index (χ0v) is 15.7. The van der Waals surface area contributed by atoms with Crippen LogP contribution in [0.2, 0.25) is 0 Å². The molecule has 22 heavy (non-hydrogen) atoms. The fraction of sp³-hybridized carbons (Fsp3) is 0.944. The lowest BCUT2D eigenvalue weighted by Gasteiger charge is -2.39. The first-order chi connectivity index (χ1) is 10.6. The Balaban J connectivity index is 0.000000789. The predicted molar refractivity (Wildman–Crippen MR) is 94.0 cm³/mol. The molecule has 1 aliphatic heterocycles. The van der Waals surface area contributed by atoms with Crippen LogP contribution in [0.1, 0.15) is 52.9 Å². The number of nitrogens with one attached hydrogen (secondary N) is 1. The monoisotopic (exact) mass is 314 g/mol. The van der Waals surface area contributed by atoms with E-state index in [2.05, 4.69) is 17.1 Å². The third kappa shape index (κ3) is 7.59. The molecule has 2 fully saturated rings. The Morgan fingerprint density at radius 1 is 1.18 bits per heavy atom. The van der Waals surface area contributed by atoms with Gasteiger partial charge in [-0.25, -0.2) is 0 Å². The van der Waals surface area contributed by atoms with Gasteiger partial charge in [-0.3, -0.25) is 4.79 Å². The Kier molecular flexibility index (Phi) is 12.5. The molecule has 0 spiro atoms. The summed E-state index contributed by atoms with van der Waals surface area (Å²) in [5, 5.41) is 2.75. The van der Waals surface area contributed by atoms with Crippen molar-refractivity contribution >= 4 is 5.91 Å². The summed E-state index contributed by atoms with van der Waals surface area (Å²) in [5.74, 6) is 2.30. The van der Waals surface area contributed by atoms with Crippen LogP contribution in [0.25, 0.3) is 0 Å². The van der Waals surface area contributed by atoms with E-state index in [0.717, 1.165) is 63.6 Å². The topological polar surface area (TPSA) is 41.6 Å². The molecule has 0 aromatic heterocycles. The SMILES string of the molecule is CC.CNC.COCCC1CCN(C(=O)C2CC(C)C2)CC1. The summed E-state index contributed by atoms with van der Waals surface area (Å²) in [6.07, 6.45) is 5.71. The van der Waals surface area contributed by atoms with Crippen molar-refractivity contribution in [1.29, 1.82) is 0 Å². The van der Waals surface area contributed by atoms with Crippen molar-refractivity contribution in [2.45, 2.75) is 52.9 Å². The first kappa shape index (κ1) is 21.4. The third-order valence-corrected chi connectivity index (χ3v) is 4.38. The van der Waals surface area contributed by atoms with Crippen molar-refractivity contribution < 1.29 is 9.53 Å². The van der Waals surface area contributed by atoms with Gasteiger partial charge in [-0.05, 0) is 58.0 Å². The molecule has 4 nitrogen and oxygen atoms in total. The van der Waals surface area contributed by atoms with Crippen LogP contribution in [0.15, 0.2) is 0 Å². The van der Waals surface area contributed by atoms with Gasteiger partial charge in [0.25, 0.3) is 0 Å². The van der Waals surface area contributed by atoms with Crippen molar-refractivity contribution in [3.63, 3.8) is 0 Å². The molecule has 0 bridgehead atoms. The summed E-state index contributed by atoms with van der Waals surface area (Å²) < 4.78 is 5.11. The summed E-state index contributed by atoms with van der Waals surface area (Å²) in [6.45, 7) is 9.04. The predicted octanol–water partition coefficient (Wildman–Crippen LogP) is 3.17. The van der Waals surface area contributed by atoms with E-state index in [1.807, 2.05) is 27.9 Å². The van der Waals surface area contributed by atoms with E-state index in [1.165, 1.54) is 0 Å². The second-order valence-corrected chi connectivity index (χ2v) is 6.32. The second-order valence-electron chi connectivity index (χ2n) is 6.32. The van der Waals surface area contributed by atoms with Crippen LogP contribution in [0.3, 0.4) is 0 Å². The highest BCUT2D eigenvalue weighted by Gasteiger charge is 2.35. The minimum Gasteiger partial charge on any atom is -0.385 e. The van der Waals surface area contributed by atoms with Gasteiger partial charge < -0.3 is 15.0 Å². The van der Waals surface area contributed by atoms with Crippen LogP contribution in [0, 0.1) is 17.8 Å². The van der Waals surface area contributed by atoms with Crippen molar-refractivity contribution in [2.75, 3.05) is 40.9 Å². The molecule has 1 saturated carbocycles. The molecule has 1 saturated heterocycles. The maximum atomic E-state index is 12.1. The van der Waals surface area contributed by atoms with E-state index in [-0.39, 0.29) is 0 Å². The molecular formula is C18H38N2O2. The maximum absolute atomic E-state index is 12.1. The number of ether oxygens (including phenoxy) is 1. The van der Waals surface area contributed by atoms with Crippen LogP contribution in [-0.4, -0.2) is 51.7 Å². The molecule has 1 aliphatic carbocycles. The fourth-order valence-electron chi connectivity index (χ4n) is 3.09. The number of hydrogen-bond donors (Lipinski definition) is 1. The van der Waals surface area contributed by atoms with Crippen molar-refractivity contribution in [1.82, 2.24) is 10.2 Å². The number of rotatable bonds is 4. The Labute approximate surface area is 138 Å². The molecular weight excluding hydrogens is 276 g/mol. The molecule has 1 N–H and O–H groups in total. The smallest absolute Gasteiger partial charge is 0.225 e. The average molecular weight is 315 g/mol. The lowest BCUT2D eigenvalue weighted by atomic mass is 9.75. The molecule has 1 heterocycles. The van der Waals surface area contributed by atoms with Crippen molar-refractivity contribution in [2.24, 2.45) is 17.8 Å². The van der Waals surface area contributed by atoms with E-state index >= 15 is 0 Å². The summed E-state index contributed by atoms with van der Waals surface area (Å²) in [6, 6.07) is 0. The van der Waals surface area contributed by atoms with Gasteiger partial charge in [0, 0.05) is 32.7 Å². The van der Waals surface area contributed by atoms with E-state index in [0.29, 0.717) is 11.8 Å². The molecule has 2 rings (SSSR count). The zero-order valence-electron chi connectivity index (χ0n) is 15.7. The van der Waals surface area contributed by atoms with Gasteiger partial charge in [0.2, 0.25) is 5.91 Å². The van der Waals surface area contributed by atoms with Gasteiger partial charge in [-0.15, -0.1) is 0 Å². The molecule has 4 heteroatoms. The largest absolute Gasteiger partial charge is 0.385 e.